The summed E-state index contributed by atoms with van der Waals surface area (Å²) in [7, 11) is 0. The van der Waals surface area contributed by atoms with Crippen molar-refractivity contribution in [1.29, 1.82) is 0 Å². The molecule has 1 aromatic carbocycles. The maximum absolute atomic E-state index is 13.6. The summed E-state index contributed by atoms with van der Waals surface area (Å²) in [5, 5.41) is 16.3. The molecule has 1 saturated heterocycles. The highest BCUT2D eigenvalue weighted by atomic mass is 32.1. The molecule has 2 heterocycles. The van der Waals surface area contributed by atoms with E-state index in [4.69, 9.17) is 5.73 Å². The fourth-order valence-electron chi connectivity index (χ4n) is 4.68. The minimum atomic E-state index is -0.825. The van der Waals surface area contributed by atoms with Crippen molar-refractivity contribution in [3.63, 3.8) is 0 Å². The van der Waals surface area contributed by atoms with Gasteiger partial charge in [0.05, 0.1) is 28.2 Å². The normalized spacial score (nSPS) is 19.2. The minimum Gasteiger partial charge on any atom is -0.391 e. The maximum Gasteiger partial charge on any atom is 0.246 e. The van der Waals surface area contributed by atoms with Crippen LogP contribution in [0.1, 0.15) is 70.7 Å². The summed E-state index contributed by atoms with van der Waals surface area (Å²) in [6.07, 6.45) is 0.988. The fourth-order valence-corrected chi connectivity index (χ4v) is 5.49. The standard InChI is InChI=1S/C28H41N5O4S/c1-17(19-9-11-20(12-10-19)24-18(2)30-16-38-24)31-26(36)22-14-21(34)15-33(22)27(37)25(28(3,4)5)32-23(35)8-6-7-13-29/h9-12,16-17,21-22,25,34H,6-8,13-15,29H2,1-5H3,(H,31,36)(H,32,35). The van der Waals surface area contributed by atoms with Gasteiger partial charge < -0.3 is 26.4 Å². The number of aryl methyl sites for hydroxylation is 1. The van der Waals surface area contributed by atoms with Crippen molar-refractivity contribution >= 4 is 29.1 Å². The number of unbranched alkanes of at least 4 members (excludes halogenated alkanes) is 1. The van der Waals surface area contributed by atoms with Crippen LogP contribution in [0.2, 0.25) is 0 Å². The van der Waals surface area contributed by atoms with Crippen LogP contribution in [0, 0.1) is 12.3 Å². The number of aromatic nitrogens is 1. The lowest BCUT2D eigenvalue weighted by atomic mass is 9.85. The molecule has 9 nitrogen and oxygen atoms in total. The van der Waals surface area contributed by atoms with Gasteiger partial charge in [-0.1, -0.05) is 45.0 Å². The largest absolute Gasteiger partial charge is 0.391 e. The molecule has 0 saturated carbocycles. The molecule has 0 radical (unpaired) electrons. The number of carbonyl (C=O) groups is 3. The zero-order chi connectivity index (χ0) is 28.0. The van der Waals surface area contributed by atoms with E-state index in [0.29, 0.717) is 13.0 Å². The highest BCUT2D eigenvalue weighted by molar-refractivity contribution is 7.13. The Hall–Kier alpha value is -2.82. The van der Waals surface area contributed by atoms with E-state index in [1.54, 1.807) is 11.3 Å². The number of rotatable bonds is 10. The number of nitrogens with two attached hydrogens (primary N) is 1. The summed E-state index contributed by atoms with van der Waals surface area (Å²) in [5.41, 5.74) is 9.74. The van der Waals surface area contributed by atoms with Gasteiger partial charge in [-0.15, -0.1) is 11.3 Å². The molecular weight excluding hydrogens is 502 g/mol. The third-order valence-corrected chi connectivity index (χ3v) is 7.90. The molecular formula is C28H41N5O4S. The van der Waals surface area contributed by atoms with E-state index >= 15 is 0 Å². The second kappa shape index (κ2) is 12.8. The number of hydrogen-bond donors (Lipinski definition) is 4. The Morgan fingerprint density at radius 3 is 2.45 bits per heavy atom. The highest BCUT2D eigenvalue weighted by Gasteiger charge is 2.44. The number of nitrogens with zero attached hydrogens (tertiary/aromatic N) is 2. The second-order valence-electron chi connectivity index (χ2n) is 11.1. The molecule has 1 aliphatic heterocycles. The number of carbonyl (C=O) groups excluding carboxylic acids is 3. The van der Waals surface area contributed by atoms with Gasteiger partial charge in [0.1, 0.15) is 12.1 Å². The molecule has 1 aliphatic rings. The molecule has 38 heavy (non-hydrogen) atoms. The Labute approximate surface area is 229 Å². The van der Waals surface area contributed by atoms with Gasteiger partial charge in [0.25, 0.3) is 0 Å². The zero-order valence-electron chi connectivity index (χ0n) is 23.0. The van der Waals surface area contributed by atoms with Crippen LogP contribution in [-0.4, -0.2) is 64.0 Å². The average Bonchev–Trinajstić information content (AvgIpc) is 3.47. The number of hydrogen-bond acceptors (Lipinski definition) is 7. The van der Waals surface area contributed by atoms with Crippen LogP contribution in [0.3, 0.4) is 0 Å². The van der Waals surface area contributed by atoms with Gasteiger partial charge in [-0.3, -0.25) is 14.4 Å². The summed E-state index contributed by atoms with van der Waals surface area (Å²) >= 11 is 1.59. The molecule has 4 unspecified atom stereocenters. The van der Waals surface area contributed by atoms with Gasteiger partial charge in [0.2, 0.25) is 17.7 Å². The van der Waals surface area contributed by atoms with Gasteiger partial charge in [-0.05, 0) is 49.8 Å². The summed E-state index contributed by atoms with van der Waals surface area (Å²) < 4.78 is 0. The Morgan fingerprint density at radius 1 is 1.18 bits per heavy atom. The van der Waals surface area contributed by atoms with Gasteiger partial charge in [-0.25, -0.2) is 4.98 Å². The van der Waals surface area contributed by atoms with Crippen molar-refractivity contribution in [1.82, 2.24) is 20.5 Å². The average molecular weight is 544 g/mol. The van der Waals surface area contributed by atoms with Crippen LogP contribution in [0.25, 0.3) is 10.4 Å². The molecule has 1 fully saturated rings. The Bertz CT molecular complexity index is 1110. The number of thiazole rings is 1. The van der Waals surface area contributed by atoms with Crippen LogP contribution in [-0.2, 0) is 14.4 Å². The zero-order valence-corrected chi connectivity index (χ0v) is 23.8. The Balaban J connectivity index is 1.69. The maximum atomic E-state index is 13.6. The lowest BCUT2D eigenvalue weighted by Gasteiger charge is -2.35. The van der Waals surface area contributed by atoms with Crippen molar-refractivity contribution in [2.75, 3.05) is 13.1 Å². The van der Waals surface area contributed by atoms with E-state index < -0.39 is 23.6 Å². The van der Waals surface area contributed by atoms with Crippen LogP contribution in [0.15, 0.2) is 29.8 Å². The molecule has 2 aromatic rings. The molecule has 1 aromatic heterocycles. The van der Waals surface area contributed by atoms with Crippen molar-refractivity contribution in [2.24, 2.45) is 11.1 Å². The summed E-state index contributed by atoms with van der Waals surface area (Å²) in [6.45, 7) is 10.0. The molecule has 5 N–H and O–H groups in total. The minimum absolute atomic E-state index is 0.0455. The van der Waals surface area contributed by atoms with Crippen molar-refractivity contribution in [2.45, 2.75) is 84.5 Å². The van der Waals surface area contributed by atoms with Crippen LogP contribution >= 0.6 is 11.3 Å². The molecule has 0 spiro atoms. The van der Waals surface area contributed by atoms with E-state index in [2.05, 4.69) is 15.6 Å². The molecule has 3 rings (SSSR count). The number of likely N-dealkylation sites (tertiary alicyclic amines) is 1. The van der Waals surface area contributed by atoms with Crippen LogP contribution in [0.5, 0.6) is 0 Å². The molecule has 3 amide bonds. The van der Waals surface area contributed by atoms with E-state index in [1.165, 1.54) is 4.90 Å². The van der Waals surface area contributed by atoms with Crippen LogP contribution in [0.4, 0.5) is 0 Å². The first-order chi connectivity index (χ1) is 17.9. The molecule has 0 aliphatic carbocycles. The number of aliphatic hydroxyl groups is 1. The second-order valence-corrected chi connectivity index (χ2v) is 12.0. The summed E-state index contributed by atoms with van der Waals surface area (Å²) in [6, 6.07) is 6.03. The van der Waals surface area contributed by atoms with Crippen molar-refractivity contribution < 1.29 is 19.5 Å². The fraction of sp³-hybridized carbons (Fsp3) is 0.571. The Morgan fingerprint density at radius 2 is 1.87 bits per heavy atom. The highest BCUT2D eigenvalue weighted by Crippen LogP contribution is 2.29. The van der Waals surface area contributed by atoms with Crippen molar-refractivity contribution in [3.05, 3.63) is 41.0 Å². The predicted octanol–water partition coefficient (Wildman–Crippen LogP) is 2.92. The van der Waals surface area contributed by atoms with E-state index in [0.717, 1.165) is 28.1 Å². The number of amides is 3. The quantitative estimate of drug-likeness (QED) is 0.340. The number of β-amino-alcohol motifs (C(OH)–C–C–N with tert-alkyl or cyclic N) is 1. The van der Waals surface area contributed by atoms with Gasteiger partial charge in [-0.2, -0.15) is 0 Å². The number of benzene rings is 1. The van der Waals surface area contributed by atoms with Crippen LogP contribution < -0.4 is 16.4 Å². The smallest absolute Gasteiger partial charge is 0.246 e. The summed E-state index contributed by atoms with van der Waals surface area (Å²) in [5.74, 6) is -0.914. The predicted molar refractivity (Wildman–Crippen MR) is 149 cm³/mol. The molecule has 4 atom stereocenters. The van der Waals surface area contributed by atoms with Crippen molar-refractivity contribution in [3.8, 4) is 10.4 Å². The van der Waals surface area contributed by atoms with Gasteiger partial charge in [0.15, 0.2) is 0 Å². The van der Waals surface area contributed by atoms with Gasteiger partial charge in [0, 0.05) is 19.4 Å². The molecule has 10 heteroatoms. The Kier molecular flexibility index (Phi) is 10.0. The first-order valence-corrected chi connectivity index (χ1v) is 14.1. The molecule has 0 bridgehead atoms. The first kappa shape index (κ1) is 29.7. The van der Waals surface area contributed by atoms with E-state index in [-0.39, 0.29) is 43.1 Å². The monoisotopic (exact) mass is 543 g/mol. The van der Waals surface area contributed by atoms with Gasteiger partial charge >= 0.3 is 0 Å². The summed E-state index contributed by atoms with van der Waals surface area (Å²) in [4.78, 5) is 46.4. The van der Waals surface area contributed by atoms with E-state index in [1.807, 2.05) is 64.4 Å². The third kappa shape index (κ3) is 7.39. The third-order valence-electron chi connectivity index (χ3n) is 6.92. The lowest BCUT2D eigenvalue weighted by Crippen LogP contribution is -2.57. The molecule has 208 valence electrons. The lowest BCUT2D eigenvalue weighted by molar-refractivity contribution is -0.144. The topological polar surface area (TPSA) is 138 Å². The number of nitrogens with one attached hydrogen (secondary N) is 2. The first-order valence-electron chi connectivity index (χ1n) is 13.2. The SMILES string of the molecule is Cc1ncsc1-c1ccc(C(C)NC(=O)C2CC(O)CN2C(=O)C(NC(=O)CCCCN)C(C)(C)C)cc1. The number of aliphatic hydroxyl groups excluding tert-OH is 1. The van der Waals surface area contributed by atoms with E-state index in [9.17, 15) is 19.5 Å².